The van der Waals surface area contributed by atoms with E-state index in [0.717, 1.165) is 44.2 Å². The first kappa shape index (κ1) is 19.1. The topological polar surface area (TPSA) is 112 Å². The van der Waals surface area contributed by atoms with Crippen LogP contribution in [-0.4, -0.2) is 30.4 Å². The number of benzene rings is 1. The van der Waals surface area contributed by atoms with Crippen molar-refractivity contribution in [3.05, 3.63) is 79.5 Å². The van der Waals surface area contributed by atoms with Crippen molar-refractivity contribution in [1.29, 1.82) is 0 Å². The van der Waals surface area contributed by atoms with Crippen LogP contribution in [0.4, 0.5) is 5.82 Å². The zero-order chi connectivity index (χ0) is 22.5. The lowest BCUT2D eigenvalue weighted by Gasteiger charge is -2.28. The number of para-hydroxylation sites is 1. The third-order valence-corrected chi connectivity index (χ3v) is 6.10. The van der Waals surface area contributed by atoms with Crippen LogP contribution in [0.2, 0.25) is 0 Å². The van der Waals surface area contributed by atoms with Gasteiger partial charge in [0.2, 0.25) is 5.91 Å². The minimum Gasteiger partial charge on any atom is -0.383 e. The summed E-state index contributed by atoms with van der Waals surface area (Å²) in [5.41, 5.74) is 12.6. The molecule has 0 radical (unpaired) electrons. The zero-order valence-corrected chi connectivity index (χ0v) is 17.6. The summed E-state index contributed by atoms with van der Waals surface area (Å²) in [4.78, 5) is 30.0. The molecule has 1 aliphatic heterocycles. The Hall–Kier alpha value is -4.59. The van der Waals surface area contributed by atoms with Crippen LogP contribution in [0.1, 0.15) is 11.6 Å². The number of amides is 1. The van der Waals surface area contributed by atoms with E-state index in [1.807, 2.05) is 42.7 Å². The normalized spacial score (nSPS) is 14.6. The Morgan fingerprint density at radius 2 is 2.06 bits per heavy atom. The summed E-state index contributed by atoms with van der Waals surface area (Å²) in [5, 5.41) is 4.81. The molecule has 0 saturated heterocycles. The molecule has 0 aliphatic carbocycles. The summed E-state index contributed by atoms with van der Waals surface area (Å²) in [6.07, 6.45) is 8.13. The maximum atomic E-state index is 12.2. The maximum Gasteiger partial charge on any atom is 0.243 e. The Bertz CT molecular complexity index is 1590. The molecule has 1 atom stereocenters. The molecule has 1 amide bonds. The number of hydrogen-bond acceptors (Lipinski definition) is 6. The minimum atomic E-state index is -0.268. The summed E-state index contributed by atoms with van der Waals surface area (Å²) in [7, 11) is 0. The van der Waals surface area contributed by atoms with Crippen molar-refractivity contribution in [2.24, 2.45) is 0 Å². The van der Waals surface area contributed by atoms with Gasteiger partial charge in [-0.2, -0.15) is 0 Å². The SMILES string of the molecule is C=CC(=O)N[C@@H]1Cn2c(c(-c3cnc4ccccc4c3)c3c(N)ncnc32)-c2cnccc21. The highest BCUT2D eigenvalue weighted by molar-refractivity contribution is 6.09. The number of nitrogens with two attached hydrogens (primary N) is 1. The molecule has 3 N–H and O–H groups in total. The second-order valence-corrected chi connectivity index (χ2v) is 7.94. The smallest absolute Gasteiger partial charge is 0.243 e. The van der Waals surface area contributed by atoms with E-state index in [1.165, 1.54) is 12.4 Å². The number of hydrogen-bond donors (Lipinski definition) is 2. The Labute approximate surface area is 188 Å². The van der Waals surface area contributed by atoms with Crippen molar-refractivity contribution in [3.63, 3.8) is 0 Å². The number of nitrogens with zero attached hydrogens (tertiary/aromatic N) is 5. The third-order valence-electron chi connectivity index (χ3n) is 6.10. The fraction of sp³-hybridized carbons (Fsp3) is 0.0800. The lowest BCUT2D eigenvalue weighted by atomic mass is 9.92. The van der Waals surface area contributed by atoms with Crippen LogP contribution in [0.15, 0.2) is 74.0 Å². The van der Waals surface area contributed by atoms with Crippen LogP contribution < -0.4 is 11.1 Å². The molecule has 5 heterocycles. The third kappa shape index (κ3) is 2.88. The van der Waals surface area contributed by atoms with Crippen LogP contribution in [0, 0.1) is 0 Å². The zero-order valence-electron chi connectivity index (χ0n) is 17.6. The molecule has 160 valence electrons. The van der Waals surface area contributed by atoms with E-state index >= 15 is 0 Å². The highest BCUT2D eigenvalue weighted by Crippen LogP contribution is 2.47. The van der Waals surface area contributed by atoms with E-state index in [2.05, 4.69) is 42.5 Å². The van der Waals surface area contributed by atoms with Crippen molar-refractivity contribution in [1.82, 2.24) is 29.8 Å². The molecule has 8 nitrogen and oxygen atoms in total. The summed E-state index contributed by atoms with van der Waals surface area (Å²) in [5.74, 6) is 0.151. The van der Waals surface area contributed by atoms with E-state index in [4.69, 9.17) is 5.73 Å². The van der Waals surface area contributed by atoms with Gasteiger partial charge in [0.05, 0.1) is 22.6 Å². The fourth-order valence-electron chi connectivity index (χ4n) is 4.68. The lowest BCUT2D eigenvalue weighted by Crippen LogP contribution is -2.32. The number of nitrogens with one attached hydrogen (secondary N) is 1. The van der Waals surface area contributed by atoms with E-state index < -0.39 is 0 Å². The molecular weight excluding hydrogens is 414 g/mol. The molecule has 4 aromatic heterocycles. The van der Waals surface area contributed by atoms with Crippen LogP contribution in [0.3, 0.4) is 0 Å². The fourth-order valence-corrected chi connectivity index (χ4v) is 4.68. The number of fused-ring (bicyclic) bond motifs is 6. The molecule has 5 aromatic rings. The van der Waals surface area contributed by atoms with Gasteiger partial charge >= 0.3 is 0 Å². The average Bonchev–Trinajstić information content (AvgIpc) is 3.19. The minimum absolute atomic E-state index is 0.240. The van der Waals surface area contributed by atoms with Crippen LogP contribution in [0.5, 0.6) is 0 Å². The molecule has 8 heteroatoms. The van der Waals surface area contributed by atoms with Gasteiger partial charge in [0, 0.05) is 47.2 Å². The number of carbonyl (C=O) groups is 1. The number of carbonyl (C=O) groups excluding carboxylic acids is 1. The standard InChI is InChI=1S/C25H19N7O/c1-2-20(33)31-19-12-32-23(17-11-27-8-7-16(17)19)21(22-24(26)29-13-30-25(22)32)15-9-14-5-3-4-6-18(14)28-10-15/h2-11,13,19H,1,12H2,(H,31,33)(H2,26,29,30)/t19-/m1/s1. The number of aromatic nitrogens is 5. The van der Waals surface area contributed by atoms with Crippen molar-refractivity contribution in [2.75, 3.05) is 5.73 Å². The monoisotopic (exact) mass is 433 g/mol. The Morgan fingerprint density at radius 3 is 2.94 bits per heavy atom. The summed E-state index contributed by atoms with van der Waals surface area (Å²) in [6, 6.07) is 11.7. The highest BCUT2D eigenvalue weighted by atomic mass is 16.1. The molecule has 33 heavy (non-hydrogen) atoms. The molecule has 0 spiro atoms. The number of rotatable bonds is 3. The van der Waals surface area contributed by atoms with Gasteiger partial charge in [-0.05, 0) is 29.8 Å². The first-order valence-corrected chi connectivity index (χ1v) is 10.5. The van der Waals surface area contributed by atoms with Gasteiger partial charge in [-0.3, -0.25) is 14.8 Å². The Balaban J connectivity index is 1.68. The molecule has 0 fully saturated rings. The van der Waals surface area contributed by atoms with Crippen molar-refractivity contribution in [2.45, 2.75) is 12.6 Å². The Kier molecular flexibility index (Phi) is 4.19. The van der Waals surface area contributed by atoms with E-state index in [1.54, 1.807) is 6.20 Å². The van der Waals surface area contributed by atoms with Gasteiger partial charge < -0.3 is 15.6 Å². The van der Waals surface area contributed by atoms with Gasteiger partial charge in [-0.1, -0.05) is 24.8 Å². The molecule has 0 bridgehead atoms. The predicted octanol–water partition coefficient (Wildman–Crippen LogP) is 3.65. The summed E-state index contributed by atoms with van der Waals surface area (Å²) >= 11 is 0. The maximum absolute atomic E-state index is 12.2. The van der Waals surface area contributed by atoms with E-state index in [9.17, 15) is 4.79 Å². The molecule has 0 unspecified atom stereocenters. The van der Waals surface area contributed by atoms with Crippen molar-refractivity contribution in [3.8, 4) is 22.4 Å². The Morgan fingerprint density at radius 1 is 1.18 bits per heavy atom. The van der Waals surface area contributed by atoms with Gasteiger partial charge in [0.25, 0.3) is 0 Å². The molecule has 1 aromatic carbocycles. The first-order chi connectivity index (χ1) is 16.2. The molecule has 0 saturated carbocycles. The van der Waals surface area contributed by atoms with Gasteiger partial charge in [-0.15, -0.1) is 0 Å². The quantitative estimate of drug-likeness (QED) is 0.420. The first-order valence-electron chi connectivity index (χ1n) is 10.5. The van der Waals surface area contributed by atoms with Crippen LogP contribution >= 0.6 is 0 Å². The van der Waals surface area contributed by atoms with Gasteiger partial charge in [0.1, 0.15) is 17.8 Å². The summed E-state index contributed by atoms with van der Waals surface area (Å²) < 4.78 is 2.08. The van der Waals surface area contributed by atoms with Crippen molar-refractivity contribution >= 4 is 33.7 Å². The second kappa shape index (κ2) is 7.23. The van der Waals surface area contributed by atoms with Gasteiger partial charge in [-0.25, -0.2) is 9.97 Å². The van der Waals surface area contributed by atoms with Crippen LogP contribution in [0.25, 0.3) is 44.3 Å². The van der Waals surface area contributed by atoms with Gasteiger partial charge in [0.15, 0.2) is 0 Å². The molecular formula is C25H19N7O. The number of pyridine rings is 2. The molecule has 6 rings (SSSR count). The van der Waals surface area contributed by atoms with Crippen molar-refractivity contribution < 1.29 is 4.79 Å². The number of anilines is 1. The lowest BCUT2D eigenvalue weighted by molar-refractivity contribution is -0.117. The summed E-state index contributed by atoms with van der Waals surface area (Å²) in [6.45, 7) is 4.07. The second-order valence-electron chi connectivity index (χ2n) is 7.94. The number of nitrogen functional groups attached to an aromatic ring is 1. The average molecular weight is 433 g/mol. The van der Waals surface area contributed by atoms with Crippen LogP contribution in [-0.2, 0) is 11.3 Å². The predicted molar refractivity (Wildman–Crippen MR) is 127 cm³/mol. The highest BCUT2D eigenvalue weighted by Gasteiger charge is 2.32. The largest absolute Gasteiger partial charge is 0.383 e. The van der Waals surface area contributed by atoms with E-state index in [-0.39, 0.29) is 11.9 Å². The molecule has 1 aliphatic rings. The van der Waals surface area contributed by atoms with E-state index in [0.29, 0.717) is 18.0 Å².